The van der Waals surface area contributed by atoms with Crippen LogP contribution < -0.4 is 0 Å². The Morgan fingerprint density at radius 2 is 2.00 bits per heavy atom. The van der Waals surface area contributed by atoms with Crippen LogP contribution in [0.4, 0.5) is 0 Å². The molecular weight excluding hydrogens is 250 g/mol. The van der Waals surface area contributed by atoms with Crippen LogP contribution in [0, 0.1) is 0 Å². The summed E-state index contributed by atoms with van der Waals surface area (Å²) < 4.78 is 24.5. The molecule has 0 amide bonds. The van der Waals surface area contributed by atoms with Crippen LogP contribution in [0.25, 0.3) is 0 Å². The van der Waals surface area contributed by atoms with E-state index >= 15 is 0 Å². The molecule has 0 aliphatic carbocycles. The summed E-state index contributed by atoms with van der Waals surface area (Å²) in [5, 5.41) is 3.06. The zero-order valence-electron chi connectivity index (χ0n) is 10.1. The van der Waals surface area contributed by atoms with Gasteiger partial charge in [0.15, 0.2) is 15.9 Å². The van der Waals surface area contributed by atoms with Crippen LogP contribution in [0.5, 0.6) is 0 Å². The minimum Gasteiger partial charge on any atom is -0.389 e. The van der Waals surface area contributed by atoms with Crippen LogP contribution >= 0.6 is 0 Å². The Kier molecular flexibility index (Phi) is 2.66. The van der Waals surface area contributed by atoms with Crippen molar-refractivity contribution in [3.05, 3.63) is 35.9 Å². The van der Waals surface area contributed by atoms with Crippen LogP contribution in [0.1, 0.15) is 25.3 Å². The molecule has 0 saturated carbocycles. The van der Waals surface area contributed by atoms with Gasteiger partial charge < -0.3 is 4.84 Å². The van der Waals surface area contributed by atoms with Crippen molar-refractivity contribution < 1.29 is 13.3 Å². The molecule has 0 N–H and O–H groups in total. The minimum atomic E-state index is -3.12. The first-order valence-electron chi connectivity index (χ1n) is 6.18. The number of nitrogens with zero attached hydrogens (tertiary/aromatic N) is 1. The Balaban J connectivity index is 1.91. The second kappa shape index (κ2) is 4.09. The number of hydrogen-bond donors (Lipinski definition) is 0. The highest BCUT2D eigenvalue weighted by Gasteiger charge is 2.62. The molecule has 3 rings (SSSR count). The molecule has 0 aromatic heterocycles. The molecule has 3 unspecified atom stereocenters. The van der Waals surface area contributed by atoms with E-state index in [0.29, 0.717) is 12.1 Å². The summed E-state index contributed by atoms with van der Waals surface area (Å²) in [6, 6.07) is 9.38. The summed E-state index contributed by atoms with van der Waals surface area (Å²) in [7, 11) is -3.12. The lowest BCUT2D eigenvalue weighted by Gasteiger charge is -2.37. The molecule has 1 fully saturated rings. The van der Waals surface area contributed by atoms with Gasteiger partial charge in [-0.2, -0.15) is 0 Å². The lowest BCUT2D eigenvalue weighted by atomic mass is 10.00. The maximum atomic E-state index is 12.2. The first-order chi connectivity index (χ1) is 8.66. The predicted molar refractivity (Wildman–Crippen MR) is 69.3 cm³/mol. The molecule has 1 aromatic rings. The standard InChI is InChI=1S/C13H15NO3S/c1-2-6-10-12-13(18(10,15)16)11(14-17-12)9-7-4-3-5-8-9/h3-5,7-8,10,12-13H,2,6H2,1H3. The molecule has 4 nitrogen and oxygen atoms in total. The molecule has 3 atom stereocenters. The van der Waals surface area contributed by atoms with Crippen molar-refractivity contribution in [2.45, 2.75) is 36.4 Å². The highest BCUT2D eigenvalue weighted by molar-refractivity contribution is 7.95. The van der Waals surface area contributed by atoms with Crippen molar-refractivity contribution in [1.29, 1.82) is 0 Å². The van der Waals surface area contributed by atoms with E-state index in [0.717, 1.165) is 12.0 Å². The lowest BCUT2D eigenvalue weighted by molar-refractivity contribution is 0.0679. The summed E-state index contributed by atoms with van der Waals surface area (Å²) in [5.74, 6) is 0. The number of benzene rings is 1. The van der Waals surface area contributed by atoms with Gasteiger partial charge >= 0.3 is 0 Å². The fourth-order valence-corrected chi connectivity index (χ4v) is 5.06. The van der Waals surface area contributed by atoms with Gasteiger partial charge in [-0.25, -0.2) is 8.42 Å². The average Bonchev–Trinajstić information content (AvgIpc) is 2.79. The maximum absolute atomic E-state index is 12.2. The van der Waals surface area contributed by atoms with E-state index in [1.165, 1.54) is 0 Å². The summed E-state index contributed by atoms with van der Waals surface area (Å²) in [5.41, 5.74) is 1.40. The van der Waals surface area contributed by atoms with Gasteiger partial charge in [-0.3, -0.25) is 0 Å². The van der Waals surface area contributed by atoms with Gasteiger partial charge in [0.1, 0.15) is 16.2 Å². The zero-order valence-corrected chi connectivity index (χ0v) is 10.9. The monoisotopic (exact) mass is 265 g/mol. The first kappa shape index (κ1) is 11.7. The van der Waals surface area contributed by atoms with Crippen LogP contribution in [0.3, 0.4) is 0 Å². The third-order valence-electron chi connectivity index (χ3n) is 3.63. The smallest absolute Gasteiger partial charge is 0.169 e. The highest BCUT2D eigenvalue weighted by Crippen LogP contribution is 2.41. The molecule has 1 saturated heterocycles. The number of fused-ring (bicyclic) bond motifs is 1. The molecule has 2 aliphatic rings. The Morgan fingerprint density at radius 1 is 1.28 bits per heavy atom. The van der Waals surface area contributed by atoms with Crippen molar-refractivity contribution in [3.8, 4) is 0 Å². The SMILES string of the molecule is CCCC1C2ON=C(c3ccccc3)C2S1(=O)=O. The quantitative estimate of drug-likeness (QED) is 0.836. The summed E-state index contributed by atoms with van der Waals surface area (Å²) in [6.45, 7) is 1.98. The van der Waals surface area contributed by atoms with Crippen molar-refractivity contribution in [1.82, 2.24) is 0 Å². The summed E-state index contributed by atoms with van der Waals surface area (Å²) in [4.78, 5) is 5.33. The molecule has 2 aliphatic heterocycles. The topological polar surface area (TPSA) is 55.7 Å². The average molecular weight is 265 g/mol. The van der Waals surface area contributed by atoms with Crippen LogP contribution in [-0.4, -0.2) is 30.7 Å². The molecule has 0 radical (unpaired) electrons. The lowest BCUT2D eigenvalue weighted by Crippen LogP contribution is -2.61. The van der Waals surface area contributed by atoms with E-state index < -0.39 is 15.1 Å². The number of sulfone groups is 1. The van der Waals surface area contributed by atoms with E-state index in [1.807, 2.05) is 37.3 Å². The normalized spacial score (nSPS) is 32.1. The Morgan fingerprint density at radius 3 is 2.67 bits per heavy atom. The molecule has 5 heteroatoms. The molecular formula is C13H15NO3S. The second-order valence-corrected chi connectivity index (χ2v) is 7.04. The van der Waals surface area contributed by atoms with E-state index in [2.05, 4.69) is 5.16 Å². The maximum Gasteiger partial charge on any atom is 0.169 e. The molecule has 0 spiro atoms. The predicted octanol–water partition coefficient (Wildman–Crippen LogP) is 1.76. The fraction of sp³-hybridized carbons (Fsp3) is 0.462. The van der Waals surface area contributed by atoms with Crippen LogP contribution in [0.2, 0.25) is 0 Å². The van der Waals surface area contributed by atoms with Gasteiger partial charge in [-0.05, 0) is 6.42 Å². The summed E-state index contributed by atoms with van der Waals surface area (Å²) in [6.07, 6.45) is 1.23. The molecule has 18 heavy (non-hydrogen) atoms. The first-order valence-corrected chi connectivity index (χ1v) is 7.79. The van der Waals surface area contributed by atoms with E-state index in [4.69, 9.17) is 4.84 Å². The van der Waals surface area contributed by atoms with E-state index in [1.54, 1.807) is 0 Å². The Bertz CT molecular complexity index is 580. The third-order valence-corrected chi connectivity index (χ3v) is 6.17. The fourth-order valence-electron chi connectivity index (χ4n) is 2.71. The molecule has 0 bridgehead atoms. The Hall–Kier alpha value is -1.36. The van der Waals surface area contributed by atoms with Crippen LogP contribution in [-0.2, 0) is 14.7 Å². The summed E-state index contributed by atoms with van der Waals surface area (Å²) >= 11 is 0. The molecule has 1 aromatic carbocycles. The number of hydrogen-bond acceptors (Lipinski definition) is 4. The van der Waals surface area contributed by atoms with E-state index in [9.17, 15) is 8.42 Å². The van der Waals surface area contributed by atoms with Crippen molar-refractivity contribution in [2.75, 3.05) is 0 Å². The van der Waals surface area contributed by atoms with Gasteiger partial charge in [-0.15, -0.1) is 0 Å². The second-order valence-electron chi connectivity index (χ2n) is 4.75. The van der Waals surface area contributed by atoms with Gasteiger partial charge in [0.2, 0.25) is 0 Å². The largest absolute Gasteiger partial charge is 0.389 e. The molecule has 96 valence electrons. The highest BCUT2D eigenvalue weighted by atomic mass is 32.2. The minimum absolute atomic E-state index is 0.273. The Labute approximate surface area is 107 Å². The van der Waals surface area contributed by atoms with Gasteiger partial charge in [0, 0.05) is 5.56 Å². The van der Waals surface area contributed by atoms with Gasteiger partial charge in [-0.1, -0.05) is 48.8 Å². The number of rotatable bonds is 3. The van der Waals surface area contributed by atoms with Crippen molar-refractivity contribution in [3.63, 3.8) is 0 Å². The van der Waals surface area contributed by atoms with Gasteiger partial charge in [0.25, 0.3) is 0 Å². The molecule has 2 heterocycles. The number of oxime groups is 1. The van der Waals surface area contributed by atoms with Crippen molar-refractivity contribution in [2.24, 2.45) is 5.16 Å². The van der Waals surface area contributed by atoms with Crippen LogP contribution in [0.15, 0.2) is 35.5 Å². The zero-order chi connectivity index (χ0) is 12.8. The third kappa shape index (κ3) is 1.50. The van der Waals surface area contributed by atoms with Gasteiger partial charge in [0.05, 0.1) is 0 Å². The van der Waals surface area contributed by atoms with E-state index in [-0.39, 0.29) is 11.4 Å². The van der Waals surface area contributed by atoms with Crippen molar-refractivity contribution >= 4 is 15.5 Å².